The van der Waals surface area contributed by atoms with E-state index in [0.29, 0.717) is 5.75 Å². The van der Waals surface area contributed by atoms with Crippen LogP contribution in [0.15, 0.2) is 28.7 Å². The maximum absolute atomic E-state index is 5.39. The van der Waals surface area contributed by atoms with Gasteiger partial charge in [0.1, 0.15) is 10.8 Å². The summed E-state index contributed by atoms with van der Waals surface area (Å²) in [6, 6.07) is 5.87. The molecule has 2 aromatic heterocycles. The van der Waals surface area contributed by atoms with Gasteiger partial charge in [0.05, 0.1) is 19.9 Å². The first-order chi connectivity index (χ1) is 14.2. The van der Waals surface area contributed by atoms with Gasteiger partial charge in [0.15, 0.2) is 11.5 Å². The molecule has 0 atom stereocenters. The van der Waals surface area contributed by atoms with Crippen LogP contribution in [0.3, 0.4) is 0 Å². The third-order valence-electron chi connectivity index (χ3n) is 5.31. The first kappa shape index (κ1) is 20.2. The van der Waals surface area contributed by atoms with Gasteiger partial charge in [-0.1, -0.05) is 37.4 Å². The van der Waals surface area contributed by atoms with E-state index in [0.717, 1.165) is 51.1 Å². The molecule has 0 spiro atoms. The quantitative estimate of drug-likeness (QED) is 0.461. The monoisotopic (exact) mass is 430 g/mol. The van der Waals surface area contributed by atoms with Gasteiger partial charge in [-0.3, -0.25) is 5.10 Å². The molecule has 0 aliphatic heterocycles. The van der Waals surface area contributed by atoms with E-state index in [2.05, 4.69) is 20.6 Å². The Bertz CT molecular complexity index is 934. The number of ether oxygens (including phenoxy) is 2. The Hall–Kier alpha value is -2.06. The molecule has 2 heterocycles. The van der Waals surface area contributed by atoms with Crippen molar-refractivity contribution < 1.29 is 9.47 Å². The normalized spacial score (nSPS) is 14.4. The number of hydrogen-bond acceptors (Lipinski definition) is 7. The number of thiazole rings is 1. The number of nitrogens with one attached hydrogen (secondary N) is 1. The van der Waals surface area contributed by atoms with Crippen molar-refractivity contribution >= 4 is 23.1 Å². The molecule has 6 nitrogen and oxygen atoms in total. The SMILES string of the molecule is COc1ccc(-c2nc(CSc3n[nH]c(CCC4CCCC4)n3)cs2)cc1OC. The summed E-state index contributed by atoms with van der Waals surface area (Å²) in [5.74, 6) is 4.06. The minimum Gasteiger partial charge on any atom is -0.493 e. The summed E-state index contributed by atoms with van der Waals surface area (Å²) < 4.78 is 10.7. The van der Waals surface area contributed by atoms with E-state index in [-0.39, 0.29) is 0 Å². The Labute approximate surface area is 179 Å². The van der Waals surface area contributed by atoms with Crippen LogP contribution >= 0.6 is 23.1 Å². The van der Waals surface area contributed by atoms with Crippen molar-refractivity contribution in [1.29, 1.82) is 0 Å². The highest BCUT2D eigenvalue weighted by molar-refractivity contribution is 7.98. The molecule has 29 heavy (non-hydrogen) atoms. The second-order valence-corrected chi connectivity index (χ2v) is 9.06. The topological polar surface area (TPSA) is 72.9 Å². The van der Waals surface area contributed by atoms with Crippen molar-refractivity contribution in [2.45, 2.75) is 49.4 Å². The molecule has 1 aliphatic carbocycles. The summed E-state index contributed by atoms with van der Waals surface area (Å²) in [6.45, 7) is 0. The van der Waals surface area contributed by atoms with Crippen LogP contribution in [-0.4, -0.2) is 34.4 Å². The second kappa shape index (κ2) is 9.63. The van der Waals surface area contributed by atoms with Crippen LogP contribution in [0.5, 0.6) is 11.5 Å². The van der Waals surface area contributed by atoms with Gasteiger partial charge >= 0.3 is 0 Å². The van der Waals surface area contributed by atoms with Gasteiger partial charge in [-0.15, -0.1) is 16.4 Å². The van der Waals surface area contributed by atoms with Crippen molar-refractivity contribution in [2.24, 2.45) is 5.92 Å². The summed E-state index contributed by atoms with van der Waals surface area (Å²) in [6.07, 6.45) is 7.75. The van der Waals surface area contributed by atoms with Crippen molar-refractivity contribution in [1.82, 2.24) is 20.2 Å². The lowest BCUT2D eigenvalue weighted by atomic mass is 10.0. The summed E-state index contributed by atoms with van der Waals surface area (Å²) in [5, 5.41) is 11.3. The number of nitrogens with zero attached hydrogens (tertiary/aromatic N) is 3. The van der Waals surface area contributed by atoms with E-state index < -0.39 is 0 Å². The number of methoxy groups -OCH3 is 2. The van der Waals surface area contributed by atoms with Gasteiger partial charge in [0.2, 0.25) is 5.16 Å². The zero-order chi connectivity index (χ0) is 20.1. The molecule has 0 unspecified atom stereocenters. The second-order valence-electron chi connectivity index (χ2n) is 7.26. The van der Waals surface area contributed by atoms with Crippen molar-refractivity contribution in [3.63, 3.8) is 0 Å². The molecule has 3 aromatic rings. The van der Waals surface area contributed by atoms with E-state index in [4.69, 9.17) is 14.5 Å². The molecule has 1 aromatic carbocycles. The Morgan fingerprint density at radius 1 is 1.14 bits per heavy atom. The van der Waals surface area contributed by atoms with Crippen molar-refractivity contribution in [2.75, 3.05) is 14.2 Å². The molecule has 1 fully saturated rings. The highest BCUT2D eigenvalue weighted by Crippen LogP contribution is 2.34. The predicted molar refractivity (Wildman–Crippen MR) is 117 cm³/mol. The van der Waals surface area contributed by atoms with Crippen LogP contribution in [0, 0.1) is 5.92 Å². The summed E-state index contributed by atoms with van der Waals surface area (Å²) in [7, 11) is 3.28. The number of rotatable bonds is 9. The molecule has 1 saturated carbocycles. The Kier molecular flexibility index (Phi) is 6.71. The van der Waals surface area contributed by atoms with Crippen LogP contribution in [0.1, 0.15) is 43.6 Å². The van der Waals surface area contributed by atoms with Crippen LogP contribution in [-0.2, 0) is 12.2 Å². The molecule has 4 rings (SSSR count). The van der Waals surface area contributed by atoms with E-state index in [9.17, 15) is 0 Å². The number of benzene rings is 1. The minimum atomic E-state index is 0.710. The average Bonchev–Trinajstić information content (AvgIpc) is 3.52. The van der Waals surface area contributed by atoms with Crippen LogP contribution in [0.2, 0.25) is 0 Å². The summed E-state index contributed by atoms with van der Waals surface area (Å²) in [5.41, 5.74) is 2.05. The molecule has 0 radical (unpaired) electrons. The third kappa shape index (κ3) is 5.11. The Morgan fingerprint density at radius 3 is 2.76 bits per heavy atom. The summed E-state index contributed by atoms with van der Waals surface area (Å²) in [4.78, 5) is 9.39. The smallest absolute Gasteiger partial charge is 0.208 e. The molecule has 0 bridgehead atoms. The minimum absolute atomic E-state index is 0.710. The standard InChI is InChI=1S/C21H26N4O2S2/c1-26-17-9-8-15(11-18(17)27-2)20-22-16(12-28-20)13-29-21-23-19(24-25-21)10-7-14-5-3-4-6-14/h8-9,11-12,14H,3-7,10,13H2,1-2H3,(H,23,24,25). The molecule has 1 N–H and O–H groups in total. The average molecular weight is 431 g/mol. The largest absolute Gasteiger partial charge is 0.493 e. The van der Waals surface area contributed by atoms with Crippen molar-refractivity contribution in [3.8, 4) is 22.1 Å². The Balaban J connectivity index is 1.33. The van der Waals surface area contributed by atoms with E-state index in [1.54, 1.807) is 37.3 Å². The van der Waals surface area contributed by atoms with Crippen LogP contribution in [0.25, 0.3) is 10.6 Å². The number of H-pyrrole nitrogens is 1. The lowest BCUT2D eigenvalue weighted by molar-refractivity contribution is 0.355. The fraction of sp³-hybridized carbons (Fsp3) is 0.476. The number of aromatic nitrogens is 4. The van der Waals surface area contributed by atoms with E-state index in [1.807, 2.05) is 18.2 Å². The highest BCUT2D eigenvalue weighted by atomic mass is 32.2. The first-order valence-corrected chi connectivity index (χ1v) is 11.8. The zero-order valence-corrected chi connectivity index (χ0v) is 18.4. The fourth-order valence-electron chi connectivity index (χ4n) is 3.71. The number of hydrogen-bond donors (Lipinski definition) is 1. The number of aryl methyl sites for hydroxylation is 1. The Morgan fingerprint density at radius 2 is 1.97 bits per heavy atom. The van der Waals surface area contributed by atoms with Gasteiger partial charge in [0.25, 0.3) is 0 Å². The zero-order valence-electron chi connectivity index (χ0n) is 16.8. The summed E-state index contributed by atoms with van der Waals surface area (Å²) >= 11 is 3.25. The van der Waals surface area contributed by atoms with Crippen molar-refractivity contribution in [3.05, 3.63) is 35.1 Å². The fourth-order valence-corrected chi connectivity index (χ4v) is 5.34. The lowest BCUT2D eigenvalue weighted by Gasteiger charge is -2.08. The predicted octanol–water partition coefficient (Wildman–Crippen LogP) is 5.36. The number of aromatic amines is 1. The molecular weight excluding hydrogens is 404 g/mol. The molecular formula is C21H26N4O2S2. The molecule has 1 aliphatic rings. The van der Waals surface area contributed by atoms with Gasteiger partial charge in [-0.25, -0.2) is 9.97 Å². The van der Waals surface area contributed by atoms with E-state index in [1.165, 1.54) is 32.1 Å². The third-order valence-corrected chi connectivity index (χ3v) is 7.13. The van der Waals surface area contributed by atoms with Gasteiger partial charge in [0, 0.05) is 23.1 Å². The maximum atomic E-state index is 5.39. The first-order valence-electron chi connectivity index (χ1n) is 9.96. The van der Waals surface area contributed by atoms with Gasteiger partial charge < -0.3 is 9.47 Å². The van der Waals surface area contributed by atoms with Gasteiger partial charge in [-0.05, 0) is 30.5 Å². The van der Waals surface area contributed by atoms with E-state index >= 15 is 0 Å². The molecule has 0 amide bonds. The highest BCUT2D eigenvalue weighted by Gasteiger charge is 2.16. The van der Waals surface area contributed by atoms with Crippen LogP contribution in [0.4, 0.5) is 0 Å². The number of thioether (sulfide) groups is 1. The molecule has 8 heteroatoms. The molecule has 154 valence electrons. The maximum Gasteiger partial charge on any atom is 0.208 e. The lowest BCUT2D eigenvalue weighted by Crippen LogP contribution is -1.97. The van der Waals surface area contributed by atoms with Gasteiger partial charge in [-0.2, -0.15) is 0 Å². The molecule has 0 saturated heterocycles. The van der Waals surface area contributed by atoms with Crippen LogP contribution < -0.4 is 9.47 Å².